The average Bonchev–Trinajstić information content (AvgIpc) is 2.37. The Labute approximate surface area is 128 Å². The van der Waals surface area contributed by atoms with Crippen molar-refractivity contribution < 1.29 is 13.2 Å². The average molecular weight is 314 g/mol. The van der Waals surface area contributed by atoms with Crippen molar-refractivity contribution in [2.45, 2.75) is 38.6 Å². The fraction of sp³-hybridized carbons (Fsp3) is 0.600. The molecule has 5 nitrogen and oxygen atoms in total. The molecule has 21 heavy (non-hydrogen) atoms. The predicted octanol–water partition coefficient (Wildman–Crippen LogP) is 2.39. The molecule has 0 aliphatic rings. The van der Waals surface area contributed by atoms with Crippen LogP contribution in [0.15, 0.2) is 17.0 Å². The van der Waals surface area contributed by atoms with E-state index >= 15 is 0 Å². The van der Waals surface area contributed by atoms with Crippen molar-refractivity contribution in [2.75, 3.05) is 32.6 Å². The van der Waals surface area contributed by atoms with E-state index in [-0.39, 0.29) is 6.04 Å². The van der Waals surface area contributed by atoms with Crippen LogP contribution in [-0.2, 0) is 14.8 Å². The minimum absolute atomic E-state index is 0.201. The number of aryl methyl sites for hydroxylation is 2. The number of hydrogen-bond donors (Lipinski definition) is 1. The van der Waals surface area contributed by atoms with E-state index in [0.717, 1.165) is 16.8 Å². The molecule has 0 amide bonds. The van der Waals surface area contributed by atoms with Gasteiger partial charge in [-0.3, -0.25) is 0 Å². The zero-order chi connectivity index (χ0) is 16.2. The molecule has 0 bridgehead atoms. The number of nitrogens with zero attached hydrogens (tertiary/aromatic N) is 1. The normalized spacial score (nSPS) is 13.5. The molecule has 0 spiro atoms. The van der Waals surface area contributed by atoms with Gasteiger partial charge in [0.1, 0.15) is 0 Å². The third-order valence-electron chi connectivity index (χ3n) is 3.53. The van der Waals surface area contributed by atoms with Crippen molar-refractivity contribution >= 4 is 15.7 Å². The second-order valence-corrected chi connectivity index (χ2v) is 7.03. The minimum Gasteiger partial charge on any atom is -0.388 e. The number of rotatable bonds is 7. The topological polar surface area (TPSA) is 58.6 Å². The number of sulfonamides is 1. The summed E-state index contributed by atoms with van der Waals surface area (Å²) in [6.07, 6.45) is 0. The molecule has 0 saturated heterocycles. The first-order chi connectivity index (χ1) is 9.79. The molecule has 0 aromatic heterocycles. The van der Waals surface area contributed by atoms with Gasteiger partial charge in [-0.15, -0.1) is 0 Å². The van der Waals surface area contributed by atoms with Gasteiger partial charge in [-0.25, -0.2) is 8.42 Å². The lowest BCUT2D eigenvalue weighted by Gasteiger charge is -2.28. The third kappa shape index (κ3) is 3.75. The Morgan fingerprint density at radius 1 is 1.29 bits per heavy atom. The number of benzene rings is 1. The van der Waals surface area contributed by atoms with Crippen LogP contribution in [0.25, 0.3) is 0 Å². The lowest BCUT2D eigenvalue weighted by molar-refractivity contribution is 0.142. The number of hydrogen-bond acceptors (Lipinski definition) is 4. The maximum atomic E-state index is 13.0. The molecule has 0 saturated carbocycles. The quantitative estimate of drug-likeness (QED) is 0.839. The summed E-state index contributed by atoms with van der Waals surface area (Å²) in [5, 5.41) is 3.05. The monoisotopic (exact) mass is 314 g/mol. The molecule has 6 heteroatoms. The fourth-order valence-corrected chi connectivity index (χ4v) is 4.70. The molecule has 1 aromatic rings. The van der Waals surface area contributed by atoms with Gasteiger partial charge in [0.2, 0.25) is 10.0 Å². The van der Waals surface area contributed by atoms with E-state index in [1.54, 1.807) is 7.11 Å². The van der Waals surface area contributed by atoms with E-state index in [0.29, 0.717) is 18.0 Å². The van der Waals surface area contributed by atoms with Gasteiger partial charge in [0.05, 0.1) is 11.5 Å². The predicted molar refractivity (Wildman–Crippen MR) is 86.4 cm³/mol. The van der Waals surface area contributed by atoms with Crippen molar-refractivity contribution in [3.8, 4) is 0 Å². The smallest absolute Gasteiger partial charge is 0.243 e. The molecular weight excluding hydrogens is 288 g/mol. The van der Waals surface area contributed by atoms with Crippen LogP contribution >= 0.6 is 0 Å². The highest BCUT2D eigenvalue weighted by molar-refractivity contribution is 7.89. The summed E-state index contributed by atoms with van der Waals surface area (Å²) in [5.41, 5.74) is 2.42. The SMILES string of the molecule is CCN(C(C)COC)S(=O)(=O)c1c(C)cc(NC)cc1C. The second kappa shape index (κ2) is 7.24. The number of ether oxygens (including phenoxy) is 1. The van der Waals surface area contributed by atoms with E-state index < -0.39 is 10.0 Å². The van der Waals surface area contributed by atoms with E-state index in [1.807, 2.05) is 46.9 Å². The highest BCUT2D eigenvalue weighted by Gasteiger charge is 2.30. The number of methoxy groups -OCH3 is 1. The highest BCUT2D eigenvalue weighted by Crippen LogP contribution is 2.28. The second-order valence-electron chi connectivity index (χ2n) is 5.20. The van der Waals surface area contributed by atoms with Gasteiger partial charge in [-0.1, -0.05) is 6.92 Å². The minimum atomic E-state index is -3.53. The van der Waals surface area contributed by atoms with Crippen molar-refractivity contribution in [1.29, 1.82) is 0 Å². The van der Waals surface area contributed by atoms with Gasteiger partial charge >= 0.3 is 0 Å². The largest absolute Gasteiger partial charge is 0.388 e. The van der Waals surface area contributed by atoms with Gasteiger partial charge in [0.15, 0.2) is 0 Å². The van der Waals surface area contributed by atoms with Crippen molar-refractivity contribution in [3.05, 3.63) is 23.3 Å². The molecule has 0 radical (unpaired) electrons. The van der Waals surface area contributed by atoms with Crippen LogP contribution in [0.2, 0.25) is 0 Å². The molecule has 1 N–H and O–H groups in total. The van der Waals surface area contributed by atoms with E-state index in [9.17, 15) is 8.42 Å². The van der Waals surface area contributed by atoms with Crippen LogP contribution in [0.3, 0.4) is 0 Å². The first kappa shape index (κ1) is 17.9. The Hall–Kier alpha value is -1.11. The van der Waals surface area contributed by atoms with Crippen LogP contribution in [0.5, 0.6) is 0 Å². The van der Waals surface area contributed by atoms with Crippen molar-refractivity contribution in [2.24, 2.45) is 0 Å². The Balaban J connectivity index is 3.36. The van der Waals surface area contributed by atoms with E-state index in [4.69, 9.17) is 4.74 Å². The van der Waals surface area contributed by atoms with Gasteiger partial charge in [-0.05, 0) is 44.0 Å². The lowest BCUT2D eigenvalue weighted by Crippen LogP contribution is -2.41. The summed E-state index contributed by atoms with van der Waals surface area (Å²) in [7, 11) is -0.134. The summed E-state index contributed by atoms with van der Waals surface area (Å²) in [4.78, 5) is 0.395. The Morgan fingerprint density at radius 3 is 2.19 bits per heavy atom. The molecule has 1 atom stereocenters. The molecule has 0 aliphatic carbocycles. The first-order valence-corrected chi connectivity index (χ1v) is 8.53. The zero-order valence-electron chi connectivity index (χ0n) is 13.7. The molecule has 0 fully saturated rings. The number of anilines is 1. The maximum Gasteiger partial charge on any atom is 0.243 e. The first-order valence-electron chi connectivity index (χ1n) is 7.09. The van der Waals surface area contributed by atoms with E-state index in [1.165, 1.54) is 4.31 Å². The maximum absolute atomic E-state index is 13.0. The Kier molecular flexibility index (Phi) is 6.19. The van der Waals surface area contributed by atoms with Crippen LogP contribution in [0.1, 0.15) is 25.0 Å². The molecule has 0 heterocycles. The molecule has 1 unspecified atom stereocenters. The Bertz CT molecular complexity index is 562. The number of likely N-dealkylation sites (N-methyl/N-ethyl adjacent to an activating group) is 1. The van der Waals surface area contributed by atoms with Crippen molar-refractivity contribution in [3.63, 3.8) is 0 Å². The van der Waals surface area contributed by atoms with Crippen LogP contribution in [0, 0.1) is 13.8 Å². The van der Waals surface area contributed by atoms with E-state index in [2.05, 4.69) is 5.32 Å². The molecule has 1 aromatic carbocycles. The van der Waals surface area contributed by atoms with Crippen LogP contribution < -0.4 is 5.32 Å². The lowest BCUT2D eigenvalue weighted by atomic mass is 10.1. The molecule has 0 aliphatic heterocycles. The fourth-order valence-electron chi connectivity index (χ4n) is 2.66. The summed E-state index contributed by atoms with van der Waals surface area (Å²) in [5.74, 6) is 0. The molecule has 120 valence electrons. The highest BCUT2D eigenvalue weighted by atomic mass is 32.2. The Morgan fingerprint density at radius 2 is 1.81 bits per heavy atom. The number of nitrogens with one attached hydrogen (secondary N) is 1. The standard InChI is InChI=1S/C15H26N2O3S/c1-7-17(13(4)10-20-6)21(18,19)15-11(2)8-14(16-5)9-12(15)3/h8-9,13,16H,7,10H2,1-6H3. The van der Waals surface area contributed by atoms with Crippen LogP contribution in [-0.4, -0.2) is 46.1 Å². The van der Waals surface area contributed by atoms with Gasteiger partial charge in [-0.2, -0.15) is 4.31 Å². The summed E-state index contributed by atoms with van der Waals surface area (Å²) in [6.45, 7) is 8.15. The zero-order valence-corrected chi connectivity index (χ0v) is 14.5. The van der Waals surface area contributed by atoms with Gasteiger partial charge < -0.3 is 10.1 Å². The summed E-state index contributed by atoms with van der Waals surface area (Å²) >= 11 is 0. The summed E-state index contributed by atoms with van der Waals surface area (Å²) in [6, 6.07) is 3.51. The third-order valence-corrected chi connectivity index (χ3v) is 5.92. The van der Waals surface area contributed by atoms with Crippen molar-refractivity contribution in [1.82, 2.24) is 4.31 Å². The van der Waals surface area contributed by atoms with Gasteiger partial charge in [0, 0.05) is 32.4 Å². The molecule has 1 rings (SSSR count). The van der Waals surface area contributed by atoms with Crippen LogP contribution in [0.4, 0.5) is 5.69 Å². The molecular formula is C15H26N2O3S. The van der Waals surface area contributed by atoms with Gasteiger partial charge in [0.25, 0.3) is 0 Å². The summed E-state index contributed by atoms with van der Waals surface area (Å²) < 4.78 is 32.5.